The van der Waals surface area contributed by atoms with Crippen LogP contribution in [0.1, 0.15) is 246 Å². The van der Waals surface area contributed by atoms with E-state index < -0.39 is 0 Å². The van der Waals surface area contributed by atoms with Gasteiger partial charge in [-0.15, -0.1) is 0 Å². The monoisotopic (exact) mass is 633 g/mol. The lowest BCUT2D eigenvalue weighted by Gasteiger charge is -2.05. The smallest absolute Gasteiger partial charge is 0.310 e. The van der Waals surface area contributed by atoms with E-state index in [2.05, 4.69) is 27.7 Å². The zero-order chi connectivity index (χ0) is 32.9. The number of hydrogen-bond acceptors (Lipinski definition) is 2. The molecule has 0 rings (SSSR count). The van der Waals surface area contributed by atoms with Crippen molar-refractivity contribution in [3.05, 3.63) is 12.3 Å². The molecule has 0 atom stereocenters. The molecule has 0 spiro atoms. The van der Waals surface area contributed by atoms with Gasteiger partial charge in [0.05, 0.1) is 6.26 Å². The highest BCUT2D eigenvalue weighted by Gasteiger charge is 2.01. The Morgan fingerprint density at radius 2 is 0.667 bits per heavy atom. The number of ether oxygens (including phenoxy) is 1. The Labute approximate surface area is 285 Å². The van der Waals surface area contributed by atoms with Crippen molar-refractivity contribution < 1.29 is 9.53 Å². The Balaban J connectivity index is 3.21. The Kier molecular flexibility index (Phi) is 37.0. The fraction of sp³-hybridized carbons (Fsp3) is 0.930. The molecule has 0 aromatic rings. The average molecular weight is 633 g/mol. The van der Waals surface area contributed by atoms with E-state index in [0.717, 1.165) is 31.1 Å². The molecule has 0 heterocycles. The first-order valence-electron chi connectivity index (χ1n) is 20.9. The minimum absolute atomic E-state index is 0.0575. The molecule has 0 aromatic heterocycles. The lowest BCUT2D eigenvalue weighted by Crippen LogP contribution is -1.98. The second-order valence-corrected chi connectivity index (χ2v) is 15.4. The SMILES string of the molecule is CC(C)CCCCCCCCCCCCCCCCCCCCC=COC(=O)CCCCCCCCCCCCCCC(C)C. The number of hydrogen-bond donors (Lipinski definition) is 0. The lowest BCUT2D eigenvalue weighted by atomic mass is 10.0. The fourth-order valence-electron chi connectivity index (χ4n) is 6.48. The summed E-state index contributed by atoms with van der Waals surface area (Å²) >= 11 is 0. The molecule has 0 saturated carbocycles. The molecule has 0 bridgehead atoms. The number of unbranched alkanes of at least 4 members (excludes halogenated alkanes) is 29. The first kappa shape index (κ1) is 44.2. The van der Waals surface area contributed by atoms with Crippen molar-refractivity contribution in [2.75, 3.05) is 0 Å². The van der Waals surface area contributed by atoms with Gasteiger partial charge in [-0.05, 0) is 37.2 Å². The van der Waals surface area contributed by atoms with Crippen LogP contribution in [0.5, 0.6) is 0 Å². The van der Waals surface area contributed by atoms with Crippen molar-refractivity contribution in [1.82, 2.24) is 0 Å². The van der Waals surface area contributed by atoms with Crippen LogP contribution in [0.2, 0.25) is 0 Å². The predicted molar refractivity (Wildman–Crippen MR) is 202 cm³/mol. The minimum atomic E-state index is -0.0575. The largest absolute Gasteiger partial charge is 0.435 e. The van der Waals surface area contributed by atoms with E-state index in [4.69, 9.17) is 4.74 Å². The van der Waals surface area contributed by atoms with Crippen LogP contribution in [0, 0.1) is 11.8 Å². The normalized spacial score (nSPS) is 11.9. The van der Waals surface area contributed by atoms with Crippen LogP contribution in [0.25, 0.3) is 0 Å². The topological polar surface area (TPSA) is 26.3 Å². The first-order valence-corrected chi connectivity index (χ1v) is 20.9. The van der Waals surface area contributed by atoms with E-state index in [9.17, 15) is 4.79 Å². The summed E-state index contributed by atoms with van der Waals surface area (Å²) in [6, 6.07) is 0. The van der Waals surface area contributed by atoms with E-state index in [1.165, 1.54) is 193 Å². The van der Waals surface area contributed by atoms with Gasteiger partial charge in [-0.25, -0.2) is 0 Å². The molecule has 2 heteroatoms. The van der Waals surface area contributed by atoms with Crippen LogP contribution < -0.4 is 0 Å². The van der Waals surface area contributed by atoms with E-state index in [0.29, 0.717) is 6.42 Å². The van der Waals surface area contributed by atoms with Crippen molar-refractivity contribution in [3.63, 3.8) is 0 Å². The summed E-state index contributed by atoms with van der Waals surface area (Å²) in [6.45, 7) is 9.33. The van der Waals surface area contributed by atoms with Gasteiger partial charge in [-0.1, -0.05) is 220 Å². The quantitative estimate of drug-likeness (QED) is 0.0387. The van der Waals surface area contributed by atoms with Crippen LogP contribution in [0.15, 0.2) is 12.3 Å². The predicted octanol–water partition coefficient (Wildman–Crippen LogP) is 15.6. The highest BCUT2D eigenvalue weighted by atomic mass is 16.5. The second kappa shape index (κ2) is 37.7. The number of esters is 1. The number of carbonyl (C=O) groups is 1. The molecule has 0 saturated heterocycles. The Bertz CT molecular complexity index is 593. The van der Waals surface area contributed by atoms with E-state index in [1.54, 1.807) is 6.26 Å². The third kappa shape index (κ3) is 41.2. The summed E-state index contributed by atoms with van der Waals surface area (Å²) in [6.07, 6.45) is 49.6. The maximum Gasteiger partial charge on any atom is 0.310 e. The lowest BCUT2D eigenvalue weighted by molar-refractivity contribution is -0.138. The number of carbonyl (C=O) groups excluding carboxylic acids is 1. The molecular weight excluding hydrogens is 548 g/mol. The first-order chi connectivity index (χ1) is 22.0. The molecular formula is C43H84O2. The third-order valence-corrected chi connectivity index (χ3v) is 9.61. The van der Waals surface area contributed by atoms with Gasteiger partial charge in [-0.2, -0.15) is 0 Å². The van der Waals surface area contributed by atoms with Crippen LogP contribution >= 0.6 is 0 Å². The summed E-state index contributed by atoms with van der Waals surface area (Å²) in [5.41, 5.74) is 0. The van der Waals surface area contributed by atoms with Gasteiger partial charge in [0.15, 0.2) is 0 Å². The van der Waals surface area contributed by atoms with Crippen LogP contribution in [-0.4, -0.2) is 5.97 Å². The molecule has 2 nitrogen and oxygen atoms in total. The zero-order valence-corrected chi connectivity index (χ0v) is 31.7. The van der Waals surface area contributed by atoms with Gasteiger partial charge in [0.25, 0.3) is 0 Å². The molecule has 0 unspecified atom stereocenters. The minimum Gasteiger partial charge on any atom is -0.435 e. The van der Waals surface area contributed by atoms with Gasteiger partial charge in [-0.3, -0.25) is 4.79 Å². The van der Waals surface area contributed by atoms with Gasteiger partial charge in [0, 0.05) is 6.42 Å². The fourth-order valence-corrected chi connectivity index (χ4v) is 6.48. The molecule has 0 aliphatic heterocycles. The molecule has 268 valence electrons. The molecule has 0 amide bonds. The van der Waals surface area contributed by atoms with E-state index in [1.807, 2.05) is 6.08 Å². The number of allylic oxidation sites excluding steroid dienone is 1. The van der Waals surface area contributed by atoms with Crippen molar-refractivity contribution in [3.8, 4) is 0 Å². The van der Waals surface area contributed by atoms with Crippen molar-refractivity contribution in [2.24, 2.45) is 11.8 Å². The Hall–Kier alpha value is -0.790. The van der Waals surface area contributed by atoms with Gasteiger partial charge < -0.3 is 4.74 Å². The Morgan fingerprint density at radius 3 is 0.978 bits per heavy atom. The summed E-state index contributed by atoms with van der Waals surface area (Å²) in [5, 5.41) is 0. The van der Waals surface area contributed by atoms with Crippen LogP contribution in [0.4, 0.5) is 0 Å². The van der Waals surface area contributed by atoms with E-state index >= 15 is 0 Å². The van der Waals surface area contributed by atoms with Crippen LogP contribution in [0.3, 0.4) is 0 Å². The molecule has 0 N–H and O–H groups in total. The Morgan fingerprint density at radius 1 is 0.400 bits per heavy atom. The highest BCUT2D eigenvalue weighted by Crippen LogP contribution is 2.17. The van der Waals surface area contributed by atoms with Gasteiger partial charge in [0.1, 0.15) is 0 Å². The van der Waals surface area contributed by atoms with Gasteiger partial charge >= 0.3 is 5.97 Å². The van der Waals surface area contributed by atoms with Crippen molar-refractivity contribution >= 4 is 5.97 Å². The molecule has 0 aliphatic rings. The average Bonchev–Trinajstić information content (AvgIpc) is 3.01. The second-order valence-electron chi connectivity index (χ2n) is 15.4. The van der Waals surface area contributed by atoms with Gasteiger partial charge in [0.2, 0.25) is 0 Å². The summed E-state index contributed by atoms with van der Waals surface area (Å²) in [7, 11) is 0. The standard InChI is InChI=1S/C43H84O2/c1-41(2)37-33-29-25-21-17-13-11-9-7-5-6-8-10-12-16-20-24-28-32-36-40-45-43(44)39-35-31-27-23-19-15-14-18-22-26-30-34-38-42(3)4/h36,40-42H,5-35,37-39H2,1-4H3. The molecule has 0 radical (unpaired) electrons. The molecule has 0 fully saturated rings. The summed E-state index contributed by atoms with van der Waals surface area (Å²) in [5.74, 6) is 1.69. The third-order valence-electron chi connectivity index (χ3n) is 9.61. The summed E-state index contributed by atoms with van der Waals surface area (Å²) < 4.78 is 5.29. The maximum absolute atomic E-state index is 11.9. The maximum atomic E-state index is 11.9. The molecule has 0 aromatic carbocycles. The van der Waals surface area contributed by atoms with Crippen molar-refractivity contribution in [2.45, 2.75) is 246 Å². The molecule has 0 aliphatic carbocycles. The van der Waals surface area contributed by atoms with Crippen LogP contribution in [-0.2, 0) is 9.53 Å². The number of rotatable bonds is 37. The van der Waals surface area contributed by atoms with Crippen molar-refractivity contribution in [1.29, 1.82) is 0 Å². The molecule has 45 heavy (non-hydrogen) atoms. The van der Waals surface area contributed by atoms with E-state index in [-0.39, 0.29) is 5.97 Å². The summed E-state index contributed by atoms with van der Waals surface area (Å²) in [4.78, 5) is 11.9. The zero-order valence-electron chi connectivity index (χ0n) is 31.7. The highest BCUT2D eigenvalue weighted by molar-refractivity contribution is 5.69.